The van der Waals surface area contributed by atoms with Gasteiger partial charge < -0.3 is 22.7 Å². The number of fused-ring (bicyclic) bond motifs is 3. The second kappa shape index (κ2) is 8.28. The second-order valence-corrected chi connectivity index (χ2v) is 8.00. The van der Waals surface area contributed by atoms with E-state index in [4.69, 9.17) is 22.7 Å². The van der Waals surface area contributed by atoms with Crippen LogP contribution in [0.1, 0.15) is 10.6 Å². The molecular formula is C28H16O8. The minimum atomic E-state index is -0.701. The van der Waals surface area contributed by atoms with E-state index in [0.717, 1.165) is 5.39 Å². The van der Waals surface area contributed by atoms with Gasteiger partial charge in [0.05, 0.1) is 12.7 Å². The fraction of sp³-hybridized carbons (Fsp3) is 0.0357. The number of methoxy groups -OCH3 is 1. The SMILES string of the molecule is COc1cccc2cc(-c3cc(=O)oc4cc(OC(=O)c5cc6ccccc6o5)ccc34)c(=O)oc12. The Morgan fingerprint density at radius 1 is 0.750 bits per heavy atom. The van der Waals surface area contributed by atoms with Crippen molar-refractivity contribution in [3.05, 3.63) is 105 Å². The van der Waals surface area contributed by atoms with Crippen molar-refractivity contribution in [1.82, 2.24) is 0 Å². The molecule has 3 heterocycles. The molecule has 0 aliphatic heterocycles. The molecule has 0 atom stereocenters. The van der Waals surface area contributed by atoms with Gasteiger partial charge in [-0.3, -0.25) is 0 Å². The maximum Gasteiger partial charge on any atom is 0.379 e. The first-order valence-electron chi connectivity index (χ1n) is 10.9. The highest BCUT2D eigenvalue weighted by Crippen LogP contribution is 2.32. The van der Waals surface area contributed by atoms with E-state index < -0.39 is 17.2 Å². The molecule has 0 radical (unpaired) electrons. The first-order chi connectivity index (χ1) is 17.5. The lowest BCUT2D eigenvalue weighted by Crippen LogP contribution is -2.08. The van der Waals surface area contributed by atoms with E-state index in [-0.39, 0.29) is 22.7 Å². The molecule has 3 aromatic heterocycles. The Bertz CT molecular complexity index is 1890. The fourth-order valence-corrected chi connectivity index (χ4v) is 4.14. The number of ether oxygens (including phenoxy) is 2. The fourth-order valence-electron chi connectivity index (χ4n) is 4.14. The third kappa shape index (κ3) is 3.61. The Balaban J connectivity index is 1.41. The molecule has 0 saturated heterocycles. The van der Waals surface area contributed by atoms with Crippen molar-refractivity contribution < 1.29 is 27.5 Å². The van der Waals surface area contributed by atoms with Crippen molar-refractivity contribution in [3.63, 3.8) is 0 Å². The predicted molar refractivity (Wildman–Crippen MR) is 132 cm³/mol. The number of carbonyl (C=O) groups is 1. The van der Waals surface area contributed by atoms with Crippen molar-refractivity contribution in [1.29, 1.82) is 0 Å². The molecule has 0 spiro atoms. The smallest absolute Gasteiger partial charge is 0.379 e. The van der Waals surface area contributed by atoms with Crippen molar-refractivity contribution in [2.45, 2.75) is 0 Å². The maximum absolute atomic E-state index is 12.9. The Morgan fingerprint density at radius 3 is 2.42 bits per heavy atom. The molecule has 0 aliphatic rings. The van der Waals surface area contributed by atoms with Crippen molar-refractivity contribution in [3.8, 4) is 22.6 Å². The quantitative estimate of drug-likeness (QED) is 0.184. The lowest BCUT2D eigenvalue weighted by Gasteiger charge is -2.09. The molecule has 8 nitrogen and oxygen atoms in total. The van der Waals surface area contributed by atoms with E-state index >= 15 is 0 Å². The summed E-state index contributed by atoms with van der Waals surface area (Å²) in [5, 5.41) is 1.86. The van der Waals surface area contributed by atoms with E-state index in [2.05, 4.69) is 0 Å². The zero-order valence-electron chi connectivity index (χ0n) is 18.8. The number of hydrogen-bond acceptors (Lipinski definition) is 8. The highest BCUT2D eigenvalue weighted by molar-refractivity contribution is 5.97. The second-order valence-electron chi connectivity index (χ2n) is 8.00. The van der Waals surface area contributed by atoms with Gasteiger partial charge in [0.15, 0.2) is 11.3 Å². The molecule has 3 aromatic carbocycles. The number of rotatable bonds is 4. The molecule has 0 aliphatic carbocycles. The van der Waals surface area contributed by atoms with Gasteiger partial charge in [0, 0.05) is 33.9 Å². The molecule has 0 fully saturated rings. The Morgan fingerprint density at radius 2 is 1.58 bits per heavy atom. The average molecular weight is 480 g/mol. The molecule has 0 amide bonds. The van der Waals surface area contributed by atoms with E-state index in [1.54, 1.807) is 48.5 Å². The van der Waals surface area contributed by atoms with Crippen molar-refractivity contribution in [2.24, 2.45) is 0 Å². The van der Waals surface area contributed by atoms with Crippen LogP contribution >= 0.6 is 0 Å². The van der Waals surface area contributed by atoms with Crippen LogP contribution in [0.3, 0.4) is 0 Å². The molecule has 0 unspecified atom stereocenters. The number of esters is 1. The van der Waals surface area contributed by atoms with Gasteiger partial charge in [-0.25, -0.2) is 14.4 Å². The van der Waals surface area contributed by atoms with E-state index in [9.17, 15) is 14.4 Å². The molecule has 176 valence electrons. The summed E-state index contributed by atoms with van der Waals surface area (Å²) in [6.45, 7) is 0. The first-order valence-corrected chi connectivity index (χ1v) is 10.9. The molecule has 36 heavy (non-hydrogen) atoms. The van der Waals surface area contributed by atoms with Crippen LogP contribution in [0, 0.1) is 0 Å². The summed E-state index contributed by atoms with van der Waals surface area (Å²) in [6.07, 6.45) is 0. The number of hydrogen-bond donors (Lipinski definition) is 0. The minimum absolute atomic E-state index is 0.0377. The Kier molecular flexibility index (Phi) is 4.93. The van der Waals surface area contributed by atoms with E-state index in [1.165, 1.54) is 25.3 Å². The first kappa shape index (κ1) is 21.4. The third-order valence-electron chi connectivity index (χ3n) is 5.79. The largest absolute Gasteiger partial charge is 0.493 e. The number of carbonyl (C=O) groups excluding carboxylic acids is 1. The van der Waals surface area contributed by atoms with Crippen LogP contribution in [-0.4, -0.2) is 13.1 Å². The van der Waals surface area contributed by atoms with Gasteiger partial charge in [0.25, 0.3) is 0 Å². The number of benzene rings is 3. The monoisotopic (exact) mass is 480 g/mol. The van der Waals surface area contributed by atoms with Crippen molar-refractivity contribution >= 4 is 38.9 Å². The molecular weight excluding hydrogens is 464 g/mol. The van der Waals surface area contributed by atoms with Crippen LogP contribution in [0.25, 0.3) is 44.0 Å². The molecule has 8 heteroatoms. The van der Waals surface area contributed by atoms with Crippen LogP contribution in [-0.2, 0) is 0 Å². The molecule has 0 bridgehead atoms. The van der Waals surface area contributed by atoms with Gasteiger partial charge in [0.1, 0.15) is 16.9 Å². The van der Waals surface area contributed by atoms with Crippen LogP contribution in [0.5, 0.6) is 11.5 Å². The Hall–Kier alpha value is -5.11. The topological polar surface area (TPSA) is 109 Å². The predicted octanol–water partition coefficient (Wildman–Crippen LogP) is 5.54. The molecule has 0 N–H and O–H groups in total. The van der Waals surface area contributed by atoms with Crippen LogP contribution < -0.4 is 20.7 Å². The van der Waals surface area contributed by atoms with Gasteiger partial charge >= 0.3 is 17.2 Å². The highest BCUT2D eigenvalue weighted by Gasteiger charge is 2.18. The van der Waals surface area contributed by atoms with Crippen LogP contribution in [0.4, 0.5) is 0 Å². The normalized spacial score (nSPS) is 11.2. The average Bonchev–Trinajstić information content (AvgIpc) is 3.32. The third-order valence-corrected chi connectivity index (χ3v) is 5.79. The van der Waals surface area contributed by atoms with Crippen LogP contribution in [0.2, 0.25) is 0 Å². The van der Waals surface area contributed by atoms with Gasteiger partial charge in [0.2, 0.25) is 5.76 Å². The summed E-state index contributed by atoms with van der Waals surface area (Å²) < 4.78 is 27.1. The zero-order valence-corrected chi connectivity index (χ0v) is 18.8. The van der Waals surface area contributed by atoms with Crippen molar-refractivity contribution in [2.75, 3.05) is 7.11 Å². The summed E-state index contributed by atoms with van der Waals surface area (Å²) >= 11 is 0. The summed E-state index contributed by atoms with van der Waals surface area (Å²) in [7, 11) is 1.48. The van der Waals surface area contributed by atoms with Gasteiger partial charge in [-0.1, -0.05) is 30.3 Å². The van der Waals surface area contributed by atoms with E-state index in [1.807, 2.05) is 12.1 Å². The molecule has 6 rings (SSSR count). The minimum Gasteiger partial charge on any atom is -0.493 e. The summed E-state index contributed by atoms with van der Waals surface area (Å²) in [5.41, 5.74) is 0.196. The maximum atomic E-state index is 12.9. The summed E-state index contributed by atoms with van der Waals surface area (Å²) in [4.78, 5) is 37.9. The van der Waals surface area contributed by atoms with Gasteiger partial charge in [-0.15, -0.1) is 0 Å². The van der Waals surface area contributed by atoms with Gasteiger partial charge in [-0.05, 0) is 36.4 Å². The highest BCUT2D eigenvalue weighted by atomic mass is 16.5. The Labute approximate surface area is 201 Å². The molecule has 0 saturated carbocycles. The zero-order chi connectivity index (χ0) is 24.8. The van der Waals surface area contributed by atoms with Gasteiger partial charge in [-0.2, -0.15) is 0 Å². The van der Waals surface area contributed by atoms with Crippen LogP contribution in [0.15, 0.2) is 102 Å². The lowest BCUT2D eigenvalue weighted by atomic mass is 10.0. The summed E-state index contributed by atoms with van der Waals surface area (Å²) in [5.74, 6) is -0.100. The lowest BCUT2D eigenvalue weighted by molar-refractivity contribution is 0.0704. The van der Waals surface area contributed by atoms with E-state index in [0.29, 0.717) is 33.3 Å². The number of furan rings is 1. The standard InChI is InChI=1S/C28H16O8/c1-32-22-8-4-6-16-11-20(27(30)36-26(16)22)19-14-25(29)35-23-13-17(9-10-18(19)23)33-28(31)24-12-15-5-2-3-7-21(15)34-24/h2-14H,1H3. The summed E-state index contributed by atoms with van der Waals surface area (Å²) in [6, 6.07) is 21.4. The molecule has 6 aromatic rings. The number of para-hydroxylation sites is 2.